The van der Waals surface area contributed by atoms with Crippen LogP contribution in [0.2, 0.25) is 0 Å². The van der Waals surface area contributed by atoms with Gasteiger partial charge in [0, 0.05) is 36.1 Å². The smallest absolute Gasteiger partial charge is 0.222 e. The maximum absolute atomic E-state index is 13.3. The van der Waals surface area contributed by atoms with Gasteiger partial charge in [0.05, 0.1) is 5.92 Å². The third-order valence-corrected chi connectivity index (χ3v) is 5.48. The van der Waals surface area contributed by atoms with Crippen LogP contribution >= 0.6 is 0 Å². The number of carbonyl (C=O) groups is 2. The lowest BCUT2D eigenvalue weighted by molar-refractivity contribution is -0.130. The fraction of sp³-hybridized carbons (Fsp3) is 0.273. The number of carbonyl (C=O) groups excluding carboxylic acids is 2. The molecule has 0 bridgehead atoms. The molecular formula is C22H22FN3O2. The van der Waals surface area contributed by atoms with E-state index in [4.69, 9.17) is 5.73 Å². The van der Waals surface area contributed by atoms with Gasteiger partial charge in [-0.3, -0.25) is 9.59 Å². The van der Waals surface area contributed by atoms with Crippen LogP contribution in [0.25, 0.3) is 22.2 Å². The number of benzene rings is 2. The van der Waals surface area contributed by atoms with E-state index in [0.29, 0.717) is 32.4 Å². The number of nitrogens with one attached hydrogen (secondary N) is 1. The van der Waals surface area contributed by atoms with Crippen LogP contribution in [0.4, 0.5) is 4.39 Å². The zero-order valence-electron chi connectivity index (χ0n) is 15.5. The van der Waals surface area contributed by atoms with Crippen molar-refractivity contribution in [1.82, 2.24) is 9.88 Å². The number of halogens is 1. The molecule has 1 aliphatic rings. The van der Waals surface area contributed by atoms with Crippen molar-refractivity contribution in [2.45, 2.75) is 19.3 Å². The third kappa shape index (κ3) is 3.50. The van der Waals surface area contributed by atoms with E-state index < -0.39 is 0 Å². The van der Waals surface area contributed by atoms with Gasteiger partial charge in [-0.05, 0) is 54.3 Å². The van der Waals surface area contributed by atoms with Crippen LogP contribution in [0.3, 0.4) is 0 Å². The fourth-order valence-corrected chi connectivity index (χ4v) is 3.93. The first-order chi connectivity index (χ1) is 13.5. The van der Waals surface area contributed by atoms with Gasteiger partial charge in [0.2, 0.25) is 11.8 Å². The Morgan fingerprint density at radius 3 is 2.61 bits per heavy atom. The summed E-state index contributed by atoms with van der Waals surface area (Å²) in [5.74, 6) is -0.842. The summed E-state index contributed by atoms with van der Waals surface area (Å²) in [5, 5.41) is 1.06. The number of rotatable bonds is 5. The van der Waals surface area contributed by atoms with Crippen molar-refractivity contribution in [2.24, 2.45) is 11.7 Å². The molecule has 0 radical (unpaired) electrons. The minimum absolute atomic E-state index is 0.0269. The predicted octanol–water partition coefficient (Wildman–Crippen LogP) is 3.24. The molecule has 1 atom stereocenters. The Balaban J connectivity index is 1.58. The number of fused-ring (bicyclic) bond motifs is 1. The molecule has 1 aliphatic heterocycles. The van der Waals surface area contributed by atoms with Gasteiger partial charge in [-0.25, -0.2) is 4.39 Å². The molecule has 0 spiro atoms. The average Bonchev–Trinajstić information content (AvgIpc) is 3.32. The topological polar surface area (TPSA) is 79.2 Å². The molecule has 2 amide bonds. The Morgan fingerprint density at radius 2 is 1.89 bits per heavy atom. The molecule has 5 nitrogen and oxygen atoms in total. The highest BCUT2D eigenvalue weighted by molar-refractivity contribution is 5.91. The number of hydrogen-bond donors (Lipinski definition) is 2. The Hall–Kier alpha value is -3.15. The van der Waals surface area contributed by atoms with Crippen molar-refractivity contribution in [2.75, 3.05) is 13.1 Å². The summed E-state index contributed by atoms with van der Waals surface area (Å²) >= 11 is 0. The standard InChI is InChI=1S/C22H22FN3O2/c23-16-7-5-14(6-8-16)21-18(17-3-1-2-4-19(17)25-21)9-10-20(27)26-12-11-15(13-26)22(24)28/h1-8,15,25H,9-13H2,(H2,24,28). The van der Waals surface area contributed by atoms with Crippen LogP contribution in [0.1, 0.15) is 18.4 Å². The maximum atomic E-state index is 13.3. The summed E-state index contributed by atoms with van der Waals surface area (Å²) in [4.78, 5) is 29.1. The molecular weight excluding hydrogens is 357 g/mol. The van der Waals surface area contributed by atoms with Gasteiger partial charge in [-0.2, -0.15) is 0 Å². The molecule has 144 valence electrons. The monoisotopic (exact) mass is 379 g/mol. The van der Waals surface area contributed by atoms with Crippen molar-refractivity contribution in [3.05, 3.63) is 59.9 Å². The van der Waals surface area contributed by atoms with E-state index in [1.807, 2.05) is 24.3 Å². The van der Waals surface area contributed by atoms with Crippen molar-refractivity contribution >= 4 is 22.7 Å². The number of nitrogens with two attached hydrogens (primary N) is 1. The quantitative estimate of drug-likeness (QED) is 0.714. The van der Waals surface area contributed by atoms with Crippen molar-refractivity contribution in [3.8, 4) is 11.3 Å². The molecule has 4 rings (SSSR count). The second-order valence-electron chi connectivity index (χ2n) is 7.26. The number of nitrogens with zero attached hydrogens (tertiary/aromatic N) is 1. The Labute approximate surface area is 162 Å². The Morgan fingerprint density at radius 1 is 1.14 bits per heavy atom. The normalized spacial score (nSPS) is 16.6. The Bertz CT molecular complexity index is 1030. The summed E-state index contributed by atoms with van der Waals surface area (Å²) in [6.07, 6.45) is 1.55. The fourth-order valence-electron chi connectivity index (χ4n) is 3.93. The molecule has 28 heavy (non-hydrogen) atoms. The summed E-state index contributed by atoms with van der Waals surface area (Å²) in [7, 11) is 0. The van der Waals surface area contributed by atoms with Crippen molar-refractivity contribution < 1.29 is 14.0 Å². The largest absolute Gasteiger partial charge is 0.369 e. The number of likely N-dealkylation sites (tertiary alicyclic amines) is 1. The highest BCUT2D eigenvalue weighted by Gasteiger charge is 2.29. The van der Waals surface area contributed by atoms with E-state index in [2.05, 4.69) is 4.98 Å². The summed E-state index contributed by atoms with van der Waals surface area (Å²) < 4.78 is 13.3. The molecule has 1 saturated heterocycles. The molecule has 6 heteroatoms. The van der Waals surface area contributed by atoms with E-state index in [-0.39, 0.29) is 23.5 Å². The van der Waals surface area contributed by atoms with Gasteiger partial charge < -0.3 is 15.6 Å². The molecule has 0 aliphatic carbocycles. The summed E-state index contributed by atoms with van der Waals surface area (Å²) in [5.41, 5.74) is 9.18. The molecule has 1 unspecified atom stereocenters. The van der Waals surface area contributed by atoms with E-state index in [1.54, 1.807) is 17.0 Å². The summed E-state index contributed by atoms with van der Waals surface area (Å²) in [6, 6.07) is 14.3. The number of aromatic nitrogens is 1. The number of amides is 2. The minimum Gasteiger partial charge on any atom is -0.369 e. The third-order valence-electron chi connectivity index (χ3n) is 5.48. The lowest BCUT2D eigenvalue weighted by atomic mass is 10.0. The first-order valence-corrected chi connectivity index (χ1v) is 9.45. The number of hydrogen-bond acceptors (Lipinski definition) is 2. The van der Waals surface area contributed by atoms with Crippen LogP contribution < -0.4 is 5.73 Å². The van der Waals surface area contributed by atoms with Crippen molar-refractivity contribution in [1.29, 1.82) is 0 Å². The van der Waals surface area contributed by atoms with E-state index in [1.165, 1.54) is 12.1 Å². The van der Waals surface area contributed by atoms with Crippen LogP contribution in [0.5, 0.6) is 0 Å². The number of aryl methyl sites for hydroxylation is 1. The first-order valence-electron chi connectivity index (χ1n) is 9.45. The van der Waals surface area contributed by atoms with Gasteiger partial charge in [0.25, 0.3) is 0 Å². The Kier molecular flexibility index (Phi) is 4.86. The molecule has 3 N–H and O–H groups in total. The first kappa shape index (κ1) is 18.2. The van der Waals surface area contributed by atoms with Crippen molar-refractivity contribution in [3.63, 3.8) is 0 Å². The minimum atomic E-state index is -0.342. The van der Waals surface area contributed by atoms with Crippen LogP contribution in [0, 0.1) is 11.7 Å². The SMILES string of the molecule is NC(=O)C1CCN(C(=O)CCc2c(-c3ccc(F)cc3)[nH]c3ccccc23)C1. The van der Waals surface area contributed by atoms with E-state index in [0.717, 1.165) is 27.7 Å². The number of primary amides is 1. The highest BCUT2D eigenvalue weighted by Crippen LogP contribution is 2.31. The zero-order valence-corrected chi connectivity index (χ0v) is 15.5. The zero-order chi connectivity index (χ0) is 19.7. The summed E-state index contributed by atoms with van der Waals surface area (Å²) in [6.45, 7) is 0.984. The molecule has 2 aromatic carbocycles. The second-order valence-corrected chi connectivity index (χ2v) is 7.26. The van der Waals surface area contributed by atoms with Crippen LogP contribution in [-0.4, -0.2) is 34.8 Å². The molecule has 1 aromatic heterocycles. The number of para-hydroxylation sites is 1. The lowest BCUT2D eigenvalue weighted by Crippen LogP contribution is -2.31. The van der Waals surface area contributed by atoms with Gasteiger partial charge in [0.1, 0.15) is 5.82 Å². The van der Waals surface area contributed by atoms with Gasteiger partial charge in [-0.15, -0.1) is 0 Å². The van der Waals surface area contributed by atoms with Gasteiger partial charge in [-0.1, -0.05) is 18.2 Å². The number of aromatic amines is 1. The average molecular weight is 379 g/mol. The molecule has 2 heterocycles. The van der Waals surface area contributed by atoms with E-state index >= 15 is 0 Å². The second kappa shape index (κ2) is 7.46. The molecule has 0 saturated carbocycles. The van der Waals surface area contributed by atoms with Gasteiger partial charge >= 0.3 is 0 Å². The molecule has 1 fully saturated rings. The maximum Gasteiger partial charge on any atom is 0.222 e. The predicted molar refractivity (Wildman–Crippen MR) is 106 cm³/mol. The lowest BCUT2D eigenvalue weighted by Gasteiger charge is -2.16. The van der Waals surface area contributed by atoms with Gasteiger partial charge in [0.15, 0.2) is 0 Å². The number of H-pyrrole nitrogens is 1. The highest BCUT2D eigenvalue weighted by atomic mass is 19.1. The molecule has 3 aromatic rings. The van der Waals surface area contributed by atoms with E-state index in [9.17, 15) is 14.0 Å². The van der Waals surface area contributed by atoms with Crippen LogP contribution in [0.15, 0.2) is 48.5 Å². The van der Waals surface area contributed by atoms with Crippen LogP contribution in [-0.2, 0) is 16.0 Å².